The molecule has 0 aliphatic carbocycles. The Hall–Kier alpha value is -9.08. The molecule has 0 saturated carbocycles. The van der Waals surface area contributed by atoms with Gasteiger partial charge in [-0.15, -0.1) is 0 Å². The van der Waals surface area contributed by atoms with Crippen molar-refractivity contribution in [2.75, 3.05) is 0 Å². The molecule has 12 rings (SSSR count). The standard InChI is InChI=1S/C52H24N6O2/c1-55-38-22-19-32(37(28-54)50(38)58-41-16-8-4-14-36(41)49-43(58)24-21-34-31-12-6-10-18-46(31)60-52(34)49)47-39(56-2)25-29(27-53)26-44(47)57-40-15-7-3-13-35(40)48-42(57)23-20-33-30-11-5-9-17-45(30)59-51(33)48/h3-26H. The zero-order valence-corrected chi connectivity index (χ0v) is 31.4. The van der Waals surface area contributed by atoms with Crippen molar-refractivity contribution in [2.45, 2.75) is 0 Å². The molecular weight excluding hydrogens is 741 g/mol. The molecular formula is C52H24N6O2. The highest BCUT2D eigenvalue weighted by Crippen LogP contribution is 2.49. The van der Waals surface area contributed by atoms with Gasteiger partial charge in [0.1, 0.15) is 28.4 Å². The Morgan fingerprint density at radius 3 is 1.58 bits per heavy atom. The third-order valence-corrected chi connectivity index (χ3v) is 11.8. The molecule has 0 aliphatic rings. The van der Waals surface area contributed by atoms with E-state index in [0.29, 0.717) is 28.1 Å². The van der Waals surface area contributed by atoms with Crippen molar-refractivity contribution in [3.63, 3.8) is 0 Å². The molecule has 0 saturated heterocycles. The summed E-state index contributed by atoms with van der Waals surface area (Å²) in [7, 11) is 0. The molecule has 12 aromatic rings. The van der Waals surface area contributed by atoms with Gasteiger partial charge in [0.15, 0.2) is 5.69 Å². The lowest BCUT2D eigenvalue weighted by Crippen LogP contribution is -2.03. The normalized spacial score (nSPS) is 11.6. The van der Waals surface area contributed by atoms with Crippen molar-refractivity contribution in [2.24, 2.45) is 0 Å². The van der Waals surface area contributed by atoms with E-state index in [0.717, 1.165) is 87.5 Å². The zero-order chi connectivity index (χ0) is 40.2. The number of benzene rings is 8. The molecule has 0 spiro atoms. The van der Waals surface area contributed by atoms with Crippen LogP contribution in [-0.4, -0.2) is 9.13 Å². The Labute approximate surface area is 340 Å². The van der Waals surface area contributed by atoms with Crippen LogP contribution in [0.2, 0.25) is 0 Å². The first-order chi connectivity index (χ1) is 29.6. The number of aromatic nitrogens is 2. The van der Waals surface area contributed by atoms with Crippen molar-refractivity contribution >= 4 is 98.9 Å². The highest BCUT2D eigenvalue weighted by atomic mass is 16.3. The lowest BCUT2D eigenvalue weighted by molar-refractivity contribution is 0.672. The number of nitriles is 2. The molecule has 0 bridgehead atoms. The van der Waals surface area contributed by atoms with E-state index in [4.69, 9.17) is 22.0 Å². The van der Waals surface area contributed by atoms with Crippen LogP contribution in [0, 0.1) is 35.8 Å². The average molecular weight is 765 g/mol. The van der Waals surface area contributed by atoms with Gasteiger partial charge in [-0.3, -0.25) is 0 Å². The first kappa shape index (κ1) is 33.1. The number of nitrogens with zero attached hydrogens (tertiary/aromatic N) is 6. The molecule has 274 valence electrons. The van der Waals surface area contributed by atoms with Gasteiger partial charge in [0, 0.05) is 49.1 Å². The van der Waals surface area contributed by atoms with Gasteiger partial charge in [0.2, 0.25) is 5.69 Å². The smallest absolute Gasteiger partial charge is 0.211 e. The summed E-state index contributed by atoms with van der Waals surface area (Å²) >= 11 is 0. The minimum Gasteiger partial charge on any atom is -0.455 e. The van der Waals surface area contributed by atoms with Crippen LogP contribution >= 0.6 is 0 Å². The molecule has 60 heavy (non-hydrogen) atoms. The number of hydrogen-bond acceptors (Lipinski definition) is 4. The maximum atomic E-state index is 11.4. The van der Waals surface area contributed by atoms with Crippen molar-refractivity contribution in [3.8, 4) is 34.6 Å². The highest BCUT2D eigenvalue weighted by Gasteiger charge is 2.28. The maximum absolute atomic E-state index is 11.4. The van der Waals surface area contributed by atoms with Crippen LogP contribution in [0.3, 0.4) is 0 Å². The molecule has 8 aromatic carbocycles. The van der Waals surface area contributed by atoms with Gasteiger partial charge in [-0.1, -0.05) is 84.9 Å². The van der Waals surface area contributed by atoms with E-state index in [1.165, 1.54) is 0 Å². The van der Waals surface area contributed by atoms with Gasteiger partial charge < -0.3 is 18.0 Å². The molecule has 0 aliphatic heterocycles. The summed E-state index contributed by atoms with van der Waals surface area (Å²) in [5.74, 6) is 0. The van der Waals surface area contributed by atoms with Gasteiger partial charge in [0.05, 0.1) is 63.3 Å². The Balaban J connectivity index is 1.21. The largest absolute Gasteiger partial charge is 0.455 e. The Morgan fingerprint density at radius 2 is 1.02 bits per heavy atom. The van der Waals surface area contributed by atoms with Crippen LogP contribution in [0.15, 0.2) is 154 Å². The molecule has 4 heterocycles. The molecule has 0 N–H and O–H groups in total. The number of rotatable bonds is 3. The monoisotopic (exact) mass is 764 g/mol. The van der Waals surface area contributed by atoms with E-state index >= 15 is 0 Å². The van der Waals surface area contributed by atoms with Gasteiger partial charge in [-0.25, -0.2) is 9.69 Å². The predicted octanol–water partition coefficient (Wildman–Crippen LogP) is 14.2. The van der Waals surface area contributed by atoms with Crippen LogP contribution in [0.25, 0.3) is 120 Å². The fraction of sp³-hybridized carbons (Fsp3) is 0. The summed E-state index contributed by atoms with van der Waals surface area (Å²) in [4.78, 5) is 8.00. The van der Waals surface area contributed by atoms with Gasteiger partial charge in [-0.2, -0.15) is 10.5 Å². The fourth-order valence-electron chi connectivity index (χ4n) is 9.41. The van der Waals surface area contributed by atoms with Crippen molar-refractivity contribution in [1.29, 1.82) is 10.5 Å². The van der Waals surface area contributed by atoms with Gasteiger partial charge >= 0.3 is 0 Å². The molecule has 0 atom stereocenters. The fourth-order valence-corrected chi connectivity index (χ4v) is 9.41. The maximum Gasteiger partial charge on any atom is 0.211 e. The van der Waals surface area contributed by atoms with E-state index in [-0.39, 0.29) is 16.9 Å². The summed E-state index contributed by atoms with van der Waals surface area (Å²) in [6, 6.07) is 51.6. The average Bonchev–Trinajstić information content (AvgIpc) is 4.05. The van der Waals surface area contributed by atoms with Gasteiger partial charge in [-0.05, 0) is 66.2 Å². The van der Waals surface area contributed by atoms with E-state index in [1.807, 2.05) is 114 Å². The van der Waals surface area contributed by atoms with Crippen LogP contribution in [-0.2, 0) is 0 Å². The van der Waals surface area contributed by atoms with Crippen LogP contribution in [0.4, 0.5) is 11.4 Å². The second-order valence-corrected chi connectivity index (χ2v) is 14.8. The molecule has 8 nitrogen and oxygen atoms in total. The van der Waals surface area contributed by atoms with E-state index < -0.39 is 0 Å². The summed E-state index contributed by atoms with van der Waals surface area (Å²) in [6.07, 6.45) is 0. The topological polar surface area (TPSA) is 92.4 Å². The van der Waals surface area contributed by atoms with Crippen molar-refractivity contribution in [3.05, 3.63) is 180 Å². The SMILES string of the molecule is [C-]#[N+]c1cc(C#N)cc(-n2c3ccccc3c3c4oc5ccccc5c4ccc32)c1-c1ccc([N+]#[C-])c(-n2c3ccccc3c3c4oc5ccccc5c4ccc32)c1C#N. The second kappa shape index (κ2) is 12.2. The van der Waals surface area contributed by atoms with Crippen molar-refractivity contribution < 1.29 is 8.83 Å². The Bertz CT molecular complexity index is 4070. The quantitative estimate of drug-likeness (QED) is 0.167. The molecule has 0 fully saturated rings. The molecule has 4 aromatic heterocycles. The summed E-state index contributed by atoms with van der Waals surface area (Å²) in [6.45, 7) is 16.9. The lowest BCUT2D eigenvalue weighted by Gasteiger charge is -2.20. The molecule has 8 heteroatoms. The number of fused-ring (bicyclic) bond motifs is 14. The highest BCUT2D eigenvalue weighted by molar-refractivity contribution is 6.25. The van der Waals surface area contributed by atoms with E-state index in [9.17, 15) is 10.5 Å². The number of para-hydroxylation sites is 4. The Morgan fingerprint density at radius 1 is 0.483 bits per heavy atom. The number of hydrogen-bond donors (Lipinski definition) is 0. The number of furan rings is 2. The first-order valence-corrected chi connectivity index (χ1v) is 19.2. The summed E-state index contributed by atoms with van der Waals surface area (Å²) in [5, 5.41) is 29.3. The summed E-state index contributed by atoms with van der Waals surface area (Å²) < 4.78 is 17.1. The Kier molecular flexibility index (Phi) is 6.73. The summed E-state index contributed by atoms with van der Waals surface area (Å²) in [5.41, 5.74) is 9.04. The van der Waals surface area contributed by atoms with Gasteiger partial charge in [0.25, 0.3) is 0 Å². The minimum atomic E-state index is 0.198. The third kappa shape index (κ3) is 4.28. The lowest BCUT2D eigenvalue weighted by atomic mass is 9.93. The second-order valence-electron chi connectivity index (χ2n) is 14.8. The molecule has 0 radical (unpaired) electrons. The van der Waals surface area contributed by atoms with E-state index in [1.54, 1.807) is 24.3 Å². The molecule has 0 amide bonds. The zero-order valence-electron chi connectivity index (χ0n) is 31.4. The van der Waals surface area contributed by atoms with Crippen LogP contribution in [0.5, 0.6) is 0 Å². The van der Waals surface area contributed by atoms with Crippen LogP contribution in [0.1, 0.15) is 11.1 Å². The first-order valence-electron chi connectivity index (χ1n) is 19.2. The predicted molar refractivity (Wildman–Crippen MR) is 237 cm³/mol. The molecule has 0 unspecified atom stereocenters. The third-order valence-electron chi connectivity index (χ3n) is 11.8. The van der Waals surface area contributed by atoms with E-state index in [2.05, 4.69) is 38.5 Å². The van der Waals surface area contributed by atoms with Crippen LogP contribution < -0.4 is 0 Å². The van der Waals surface area contributed by atoms with Crippen molar-refractivity contribution in [1.82, 2.24) is 9.13 Å². The minimum absolute atomic E-state index is 0.198.